The van der Waals surface area contributed by atoms with E-state index in [0.29, 0.717) is 23.7 Å². The summed E-state index contributed by atoms with van der Waals surface area (Å²) in [4.78, 5) is 6.66. The normalized spacial score (nSPS) is 16.2. The quantitative estimate of drug-likeness (QED) is 0.654. The van der Waals surface area contributed by atoms with Gasteiger partial charge in [0.25, 0.3) is 0 Å². The third-order valence-corrected chi connectivity index (χ3v) is 5.53. The average Bonchev–Trinajstić information content (AvgIpc) is 2.69. The summed E-state index contributed by atoms with van der Waals surface area (Å²) in [5.41, 5.74) is 4.10. The van der Waals surface area contributed by atoms with E-state index in [1.165, 1.54) is 18.2 Å². The predicted molar refractivity (Wildman–Crippen MR) is 112 cm³/mol. The number of rotatable bonds is 4. The van der Waals surface area contributed by atoms with Gasteiger partial charge in [-0.3, -0.25) is 4.98 Å². The first-order valence-corrected chi connectivity index (χ1v) is 9.96. The lowest BCUT2D eigenvalue weighted by Crippen LogP contribution is -2.36. The molecule has 0 bridgehead atoms. The lowest BCUT2D eigenvalue weighted by molar-refractivity contribution is 0.145. The topological polar surface area (TPSA) is 48.4 Å². The summed E-state index contributed by atoms with van der Waals surface area (Å²) in [6.45, 7) is 5.33. The van der Waals surface area contributed by atoms with Crippen molar-refractivity contribution in [2.24, 2.45) is 0 Å². The second kappa shape index (κ2) is 7.95. The zero-order valence-electron chi connectivity index (χ0n) is 16.6. The number of fused-ring (bicyclic) bond motifs is 1. The molecule has 1 aliphatic heterocycles. The van der Waals surface area contributed by atoms with E-state index in [1.807, 2.05) is 19.9 Å². The molecule has 1 atom stereocenters. The Kier molecular flexibility index (Phi) is 5.37. The molecule has 0 spiro atoms. The van der Waals surface area contributed by atoms with Crippen LogP contribution in [-0.4, -0.2) is 29.3 Å². The van der Waals surface area contributed by atoms with Gasteiger partial charge in [0.15, 0.2) is 0 Å². The Morgan fingerprint density at radius 2 is 1.76 bits per heavy atom. The summed E-state index contributed by atoms with van der Waals surface area (Å²) in [5, 5.41) is 13.9. The number of hydrogen-bond donors (Lipinski definition) is 2. The Morgan fingerprint density at radius 1 is 1.07 bits per heavy atom. The highest BCUT2D eigenvalue weighted by Crippen LogP contribution is 2.33. The molecule has 2 N–H and O–H groups in total. The number of pyridine rings is 1. The largest absolute Gasteiger partial charge is 0.393 e. The lowest BCUT2D eigenvalue weighted by Gasteiger charge is -2.34. The summed E-state index contributed by atoms with van der Waals surface area (Å²) >= 11 is 0. The number of halogens is 2. The minimum atomic E-state index is -0.322. The molecule has 1 saturated heterocycles. The predicted octanol–water partition coefficient (Wildman–Crippen LogP) is 4.96. The average molecular weight is 397 g/mol. The molecule has 3 aromatic rings. The van der Waals surface area contributed by atoms with Crippen LogP contribution in [0.3, 0.4) is 0 Å². The molecule has 1 aromatic heterocycles. The highest BCUT2D eigenvalue weighted by molar-refractivity contribution is 5.91. The van der Waals surface area contributed by atoms with Crippen LogP contribution in [-0.2, 0) is 0 Å². The molecule has 0 amide bonds. The van der Waals surface area contributed by atoms with Crippen LogP contribution in [0.1, 0.15) is 37.1 Å². The number of aliphatic hydroxyl groups is 1. The van der Waals surface area contributed by atoms with Crippen molar-refractivity contribution in [2.45, 2.75) is 38.8 Å². The van der Waals surface area contributed by atoms with E-state index in [4.69, 9.17) is 0 Å². The highest BCUT2D eigenvalue weighted by Gasteiger charge is 2.22. The van der Waals surface area contributed by atoms with Crippen molar-refractivity contribution < 1.29 is 13.9 Å². The molecule has 0 radical (unpaired) electrons. The van der Waals surface area contributed by atoms with E-state index in [-0.39, 0.29) is 23.8 Å². The summed E-state index contributed by atoms with van der Waals surface area (Å²) in [5.74, 6) is -0.617. The maximum atomic E-state index is 14.1. The number of aliphatic hydroxyl groups excluding tert-OH is 1. The SMILES string of the molecule is Cc1cc(NC(C)c2cc(F)ccc2N2CCC(O)CC2)c2cc(F)ccc2n1. The molecular formula is C23H25F2N3O. The van der Waals surface area contributed by atoms with Gasteiger partial charge in [0.2, 0.25) is 0 Å². The molecule has 1 unspecified atom stereocenters. The number of nitrogens with one attached hydrogen (secondary N) is 1. The van der Waals surface area contributed by atoms with Gasteiger partial charge in [-0.05, 0) is 69.2 Å². The molecule has 29 heavy (non-hydrogen) atoms. The van der Waals surface area contributed by atoms with E-state index < -0.39 is 0 Å². The number of aryl methyl sites for hydroxylation is 1. The molecular weight excluding hydrogens is 372 g/mol. The third kappa shape index (κ3) is 4.17. The smallest absolute Gasteiger partial charge is 0.124 e. The van der Waals surface area contributed by atoms with Crippen LogP contribution in [0.4, 0.5) is 20.2 Å². The first-order valence-electron chi connectivity index (χ1n) is 9.96. The number of anilines is 2. The third-order valence-electron chi connectivity index (χ3n) is 5.53. The van der Waals surface area contributed by atoms with E-state index in [1.54, 1.807) is 18.2 Å². The fourth-order valence-electron chi connectivity index (χ4n) is 4.03. The minimum Gasteiger partial charge on any atom is -0.393 e. The van der Waals surface area contributed by atoms with Crippen molar-refractivity contribution in [3.63, 3.8) is 0 Å². The van der Waals surface area contributed by atoms with E-state index in [2.05, 4.69) is 15.2 Å². The van der Waals surface area contributed by atoms with Crippen LogP contribution in [0.2, 0.25) is 0 Å². The maximum absolute atomic E-state index is 14.1. The zero-order chi connectivity index (χ0) is 20.5. The van der Waals surface area contributed by atoms with Gasteiger partial charge in [0.05, 0.1) is 17.7 Å². The molecule has 1 aliphatic rings. The van der Waals surface area contributed by atoms with E-state index in [9.17, 15) is 13.9 Å². The van der Waals surface area contributed by atoms with Gasteiger partial charge >= 0.3 is 0 Å². The number of aromatic nitrogens is 1. The van der Waals surface area contributed by atoms with Crippen LogP contribution < -0.4 is 10.2 Å². The van der Waals surface area contributed by atoms with Gasteiger partial charge in [-0.2, -0.15) is 0 Å². The summed E-state index contributed by atoms with van der Waals surface area (Å²) in [7, 11) is 0. The number of benzene rings is 2. The van der Waals surface area contributed by atoms with Gasteiger partial charge in [-0.15, -0.1) is 0 Å². The van der Waals surface area contributed by atoms with Gasteiger partial charge in [-0.25, -0.2) is 8.78 Å². The van der Waals surface area contributed by atoms with Gasteiger partial charge < -0.3 is 15.3 Å². The minimum absolute atomic E-state index is 0.208. The van der Waals surface area contributed by atoms with Crippen molar-refractivity contribution >= 4 is 22.3 Å². The highest BCUT2D eigenvalue weighted by atomic mass is 19.1. The molecule has 152 valence electrons. The van der Waals surface area contributed by atoms with Crippen LogP contribution in [0.15, 0.2) is 42.5 Å². The monoisotopic (exact) mass is 397 g/mol. The Balaban J connectivity index is 1.69. The zero-order valence-corrected chi connectivity index (χ0v) is 16.6. The summed E-state index contributed by atoms with van der Waals surface area (Å²) in [6.07, 6.45) is 1.13. The Bertz CT molecular complexity index is 1030. The van der Waals surface area contributed by atoms with Crippen LogP contribution in [0, 0.1) is 18.6 Å². The molecule has 2 aromatic carbocycles. The van der Waals surface area contributed by atoms with Crippen molar-refractivity contribution in [3.8, 4) is 0 Å². The summed E-state index contributed by atoms with van der Waals surface area (Å²) < 4.78 is 27.9. The van der Waals surface area contributed by atoms with Gasteiger partial charge in [0.1, 0.15) is 11.6 Å². The van der Waals surface area contributed by atoms with Crippen molar-refractivity contribution in [2.75, 3.05) is 23.3 Å². The summed E-state index contributed by atoms with van der Waals surface area (Å²) in [6, 6.07) is 11.0. The number of nitrogens with zero attached hydrogens (tertiary/aromatic N) is 2. The second-order valence-corrected chi connectivity index (χ2v) is 7.76. The van der Waals surface area contributed by atoms with Gasteiger partial charge in [0, 0.05) is 41.1 Å². The standard InChI is InChI=1S/C23H25F2N3O/c1-14-11-22(20-13-16(24)3-5-21(20)26-14)27-15(2)19-12-17(25)4-6-23(19)28-9-7-18(29)8-10-28/h3-6,11-13,15,18,29H,7-10H2,1-2H3,(H,26,27). The van der Waals surface area contributed by atoms with E-state index in [0.717, 1.165) is 35.7 Å². The molecule has 0 saturated carbocycles. The molecule has 4 nitrogen and oxygen atoms in total. The Morgan fingerprint density at radius 3 is 2.52 bits per heavy atom. The number of hydrogen-bond acceptors (Lipinski definition) is 4. The molecule has 6 heteroatoms. The van der Waals surface area contributed by atoms with E-state index >= 15 is 0 Å². The molecule has 1 fully saturated rings. The lowest BCUT2D eigenvalue weighted by atomic mass is 10.0. The number of piperidine rings is 1. The van der Waals surface area contributed by atoms with Crippen molar-refractivity contribution in [3.05, 3.63) is 65.4 Å². The first-order chi connectivity index (χ1) is 13.9. The van der Waals surface area contributed by atoms with Crippen LogP contribution in [0.5, 0.6) is 0 Å². The van der Waals surface area contributed by atoms with Crippen LogP contribution in [0.25, 0.3) is 10.9 Å². The Hall–Kier alpha value is -2.73. The fraction of sp³-hybridized carbons (Fsp3) is 0.348. The Labute approximate surface area is 169 Å². The molecule has 4 rings (SSSR count). The second-order valence-electron chi connectivity index (χ2n) is 7.76. The van der Waals surface area contributed by atoms with Crippen molar-refractivity contribution in [1.82, 2.24) is 4.98 Å². The molecule has 2 heterocycles. The fourth-order valence-corrected chi connectivity index (χ4v) is 4.03. The maximum Gasteiger partial charge on any atom is 0.124 e. The van der Waals surface area contributed by atoms with Gasteiger partial charge in [-0.1, -0.05) is 0 Å². The van der Waals surface area contributed by atoms with Crippen LogP contribution >= 0.6 is 0 Å². The first kappa shape index (κ1) is 19.6. The molecule has 0 aliphatic carbocycles. The van der Waals surface area contributed by atoms with Crippen molar-refractivity contribution in [1.29, 1.82) is 0 Å².